The fourth-order valence-electron chi connectivity index (χ4n) is 1.54. The van der Waals surface area contributed by atoms with Crippen molar-refractivity contribution < 1.29 is 12.3 Å². The third kappa shape index (κ3) is 11.2. The van der Waals surface area contributed by atoms with E-state index in [0.29, 0.717) is 0 Å². The Bertz CT molecular complexity index is 144. The zero-order valence-corrected chi connectivity index (χ0v) is 16.7. The van der Waals surface area contributed by atoms with Gasteiger partial charge in [-0.25, -0.2) is 0 Å². The van der Waals surface area contributed by atoms with Crippen molar-refractivity contribution in [1.29, 1.82) is 0 Å². The molecule has 2 N–H and O–H groups in total. The monoisotopic (exact) mass is 297 g/mol. The molecule has 0 saturated carbocycles. The number of unbranched alkanes of at least 4 members (excludes halogenated alkanes) is 2. The van der Waals surface area contributed by atoms with Gasteiger partial charge in [-0.2, -0.15) is 0 Å². The molecule has 1 unspecified atom stereocenters. The van der Waals surface area contributed by atoms with Crippen molar-refractivity contribution >= 4 is 39.5 Å². The molecule has 0 aliphatic heterocycles. The van der Waals surface area contributed by atoms with Crippen LogP contribution < -0.4 is 5.73 Å². The van der Waals surface area contributed by atoms with Crippen molar-refractivity contribution in [1.82, 2.24) is 0 Å². The van der Waals surface area contributed by atoms with Gasteiger partial charge >= 0.3 is 0 Å². The fraction of sp³-hybridized carbons (Fsp3) is 1.00. The standard InChI is InChI=1S/C8H27NO3Si4/c1-2-3-4-7-16(8-5-6-9)12-15-11-14-10-13/h16H,2-9,14-15H2,1,13H3. The molecule has 0 aromatic carbocycles. The molecule has 0 fully saturated rings. The maximum atomic E-state index is 5.96. The summed E-state index contributed by atoms with van der Waals surface area (Å²) in [4.78, 5) is 0. The summed E-state index contributed by atoms with van der Waals surface area (Å²) in [6, 6.07) is 2.52. The van der Waals surface area contributed by atoms with E-state index in [4.69, 9.17) is 18.1 Å². The van der Waals surface area contributed by atoms with Crippen molar-refractivity contribution in [3.63, 3.8) is 0 Å². The highest BCUT2D eigenvalue weighted by molar-refractivity contribution is 6.58. The fourth-order valence-corrected chi connectivity index (χ4v) is 9.06. The zero-order valence-electron chi connectivity index (χ0n) is 10.7. The molecule has 0 saturated heterocycles. The molecule has 0 heterocycles. The minimum absolute atomic E-state index is 0.668. The second-order valence-corrected chi connectivity index (χ2v) is 12.1. The molecular formula is C8H27NO3Si4. The summed E-state index contributed by atoms with van der Waals surface area (Å²) in [6.07, 6.45) is 5.05. The van der Waals surface area contributed by atoms with E-state index in [-0.39, 0.29) is 0 Å². The van der Waals surface area contributed by atoms with E-state index in [2.05, 4.69) is 6.92 Å². The third-order valence-corrected chi connectivity index (χ3v) is 9.26. The maximum Gasteiger partial charge on any atom is 0.284 e. The lowest BCUT2D eigenvalue weighted by Crippen LogP contribution is -2.24. The van der Waals surface area contributed by atoms with Crippen LogP contribution in [0.4, 0.5) is 0 Å². The van der Waals surface area contributed by atoms with Gasteiger partial charge in [0.25, 0.3) is 20.0 Å². The molecule has 0 aromatic rings. The smallest absolute Gasteiger partial charge is 0.284 e. The van der Waals surface area contributed by atoms with Gasteiger partial charge in [0, 0.05) is 0 Å². The predicted octanol–water partition coefficient (Wildman–Crippen LogP) is -1.42. The lowest BCUT2D eigenvalue weighted by molar-refractivity contribution is 0.428. The average molecular weight is 298 g/mol. The Hall–Kier alpha value is 0.708. The molecule has 0 aliphatic carbocycles. The Morgan fingerprint density at radius 3 is 2.56 bits per heavy atom. The van der Waals surface area contributed by atoms with Crippen molar-refractivity contribution in [2.75, 3.05) is 6.54 Å². The second kappa shape index (κ2) is 13.8. The largest absolute Gasteiger partial charge is 0.449 e. The molecule has 4 nitrogen and oxygen atoms in total. The zero-order chi connectivity index (χ0) is 12.1. The van der Waals surface area contributed by atoms with E-state index in [1.54, 1.807) is 0 Å². The minimum Gasteiger partial charge on any atom is -0.449 e. The lowest BCUT2D eigenvalue weighted by Gasteiger charge is -2.16. The molecule has 98 valence electrons. The third-order valence-electron chi connectivity index (χ3n) is 2.45. The molecule has 0 radical (unpaired) electrons. The van der Waals surface area contributed by atoms with E-state index < -0.39 is 29.1 Å². The molecule has 0 bridgehead atoms. The lowest BCUT2D eigenvalue weighted by atomic mass is 10.3. The van der Waals surface area contributed by atoms with Crippen LogP contribution in [0.25, 0.3) is 0 Å². The van der Waals surface area contributed by atoms with Crippen LogP contribution in [0.3, 0.4) is 0 Å². The van der Waals surface area contributed by atoms with Gasteiger partial charge in [-0.3, -0.25) is 0 Å². The maximum absolute atomic E-state index is 5.96. The summed E-state index contributed by atoms with van der Waals surface area (Å²) in [5.41, 5.74) is 5.55. The van der Waals surface area contributed by atoms with Crippen LogP contribution in [0, 0.1) is 0 Å². The number of nitrogens with two attached hydrogens (primary N) is 1. The van der Waals surface area contributed by atoms with Gasteiger partial charge in [0.1, 0.15) is 10.5 Å². The first kappa shape index (κ1) is 16.7. The quantitative estimate of drug-likeness (QED) is 0.355. The van der Waals surface area contributed by atoms with Crippen LogP contribution in [0.5, 0.6) is 0 Å². The molecule has 16 heavy (non-hydrogen) atoms. The van der Waals surface area contributed by atoms with Crippen LogP contribution >= 0.6 is 0 Å². The minimum atomic E-state index is -0.991. The van der Waals surface area contributed by atoms with Gasteiger partial charge in [-0.15, -0.1) is 0 Å². The highest BCUT2D eigenvalue weighted by Crippen LogP contribution is 2.10. The average Bonchev–Trinajstić information content (AvgIpc) is 2.31. The normalized spacial score (nSPS) is 14.6. The highest BCUT2D eigenvalue weighted by atomic mass is 28.4. The van der Waals surface area contributed by atoms with Gasteiger partial charge in [0.2, 0.25) is 0 Å². The highest BCUT2D eigenvalue weighted by Gasteiger charge is 2.10. The topological polar surface area (TPSA) is 53.7 Å². The molecule has 0 rings (SSSR count). The predicted molar refractivity (Wildman–Crippen MR) is 80.2 cm³/mol. The van der Waals surface area contributed by atoms with Gasteiger partial charge in [0.15, 0.2) is 9.04 Å². The number of hydrogen-bond acceptors (Lipinski definition) is 4. The SMILES string of the molecule is CCCCC[SiH](CCCN)O[SiH2]O[SiH2]O[SiH3]. The number of rotatable bonds is 12. The second-order valence-electron chi connectivity index (χ2n) is 3.94. The molecule has 0 spiro atoms. The Morgan fingerprint density at radius 2 is 1.94 bits per heavy atom. The first-order valence-corrected chi connectivity index (χ1v) is 11.5. The van der Waals surface area contributed by atoms with E-state index in [1.165, 1.54) is 31.4 Å². The Balaban J connectivity index is 3.54. The van der Waals surface area contributed by atoms with Crippen LogP contribution in [0.1, 0.15) is 32.6 Å². The van der Waals surface area contributed by atoms with E-state index in [9.17, 15) is 0 Å². The van der Waals surface area contributed by atoms with Crippen LogP contribution in [-0.2, 0) is 12.3 Å². The van der Waals surface area contributed by atoms with Crippen LogP contribution in [-0.4, -0.2) is 46.1 Å². The van der Waals surface area contributed by atoms with E-state index in [1.807, 2.05) is 0 Å². The summed E-state index contributed by atoms with van der Waals surface area (Å²) < 4.78 is 16.5. The van der Waals surface area contributed by atoms with Gasteiger partial charge in [0.05, 0.1) is 0 Å². The Labute approximate surface area is 109 Å². The summed E-state index contributed by atoms with van der Waals surface area (Å²) >= 11 is 0. The van der Waals surface area contributed by atoms with Gasteiger partial charge in [-0.05, 0) is 25.1 Å². The van der Waals surface area contributed by atoms with Crippen molar-refractivity contribution in [2.24, 2.45) is 5.73 Å². The molecule has 8 heteroatoms. The van der Waals surface area contributed by atoms with Crippen molar-refractivity contribution in [2.45, 2.75) is 44.7 Å². The molecule has 0 aromatic heterocycles. The molecule has 0 aliphatic rings. The van der Waals surface area contributed by atoms with Crippen molar-refractivity contribution in [3.8, 4) is 0 Å². The molecular weight excluding hydrogens is 270 g/mol. The summed E-state index contributed by atoms with van der Waals surface area (Å²) in [6.45, 7) is 3.03. The summed E-state index contributed by atoms with van der Waals surface area (Å²) in [5, 5.41) is 0. The molecule has 1 atom stereocenters. The number of hydrogen-bond donors (Lipinski definition) is 1. The first-order chi connectivity index (χ1) is 7.85. The summed E-state index contributed by atoms with van der Waals surface area (Å²) in [5.74, 6) is 0. The Morgan fingerprint density at radius 1 is 1.19 bits per heavy atom. The van der Waals surface area contributed by atoms with E-state index in [0.717, 1.165) is 23.5 Å². The molecule has 0 amide bonds. The van der Waals surface area contributed by atoms with Crippen LogP contribution in [0.15, 0.2) is 0 Å². The summed E-state index contributed by atoms with van der Waals surface area (Å²) in [7, 11) is -1.58. The van der Waals surface area contributed by atoms with E-state index >= 15 is 0 Å². The Kier molecular flexibility index (Phi) is 14.4. The van der Waals surface area contributed by atoms with Crippen LogP contribution in [0.2, 0.25) is 12.1 Å². The van der Waals surface area contributed by atoms with Gasteiger partial charge in [-0.1, -0.05) is 26.2 Å². The van der Waals surface area contributed by atoms with Crippen molar-refractivity contribution in [3.05, 3.63) is 0 Å². The first-order valence-electron chi connectivity index (χ1n) is 6.23. The van der Waals surface area contributed by atoms with Gasteiger partial charge < -0.3 is 18.1 Å².